The lowest BCUT2D eigenvalue weighted by Crippen LogP contribution is -2.47. The molecule has 3 N–H and O–H groups in total. The van der Waals surface area contributed by atoms with E-state index in [4.69, 9.17) is 5.11 Å². The van der Waals surface area contributed by atoms with Crippen molar-refractivity contribution in [3.63, 3.8) is 0 Å². The summed E-state index contributed by atoms with van der Waals surface area (Å²) in [4.78, 5) is 21.9. The van der Waals surface area contributed by atoms with Crippen LogP contribution in [0.1, 0.15) is 20.8 Å². The molecule has 86 valence electrons. The van der Waals surface area contributed by atoms with Crippen LogP contribution in [0.25, 0.3) is 0 Å². The van der Waals surface area contributed by atoms with Gasteiger partial charge in [-0.15, -0.1) is 6.58 Å². The maximum Gasteiger partial charge on any atom is 0.315 e. The largest absolute Gasteiger partial charge is 0.481 e. The number of carboxylic acid groups (broad SMARTS) is 1. The van der Waals surface area contributed by atoms with Crippen LogP contribution in [0.4, 0.5) is 4.79 Å². The number of carboxylic acids is 1. The number of amides is 2. The number of hydrogen-bond acceptors (Lipinski definition) is 2. The molecule has 0 aliphatic rings. The molecule has 3 unspecified atom stereocenters. The molecule has 0 radical (unpaired) electrons. The quantitative estimate of drug-likeness (QED) is 0.597. The van der Waals surface area contributed by atoms with Crippen molar-refractivity contribution in [2.24, 2.45) is 5.92 Å². The van der Waals surface area contributed by atoms with Crippen LogP contribution in [-0.4, -0.2) is 29.2 Å². The smallest absolute Gasteiger partial charge is 0.315 e. The molecule has 2 amide bonds. The van der Waals surface area contributed by atoms with E-state index in [1.165, 1.54) is 0 Å². The van der Waals surface area contributed by atoms with Crippen LogP contribution in [0.5, 0.6) is 0 Å². The zero-order valence-electron chi connectivity index (χ0n) is 9.28. The van der Waals surface area contributed by atoms with Crippen molar-refractivity contribution >= 4 is 12.0 Å². The van der Waals surface area contributed by atoms with E-state index in [1.807, 2.05) is 0 Å². The third-order valence-electron chi connectivity index (χ3n) is 2.21. The minimum Gasteiger partial charge on any atom is -0.481 e. The molecule has 3 atom stereocenters. The second-order valence-corrected chi connectivity index (χ2v) is 3.56. The molecule has 0 rings (SSSR count). The van der Waals surface area contributed by atoms with Gasteiger partial charge in [0, 0.05) is 12.1 Å². The fraction of sp³-hybridized carbons (Fsp3) is 0.600. The monoisotopic (exact) mass is 214 g/mol. The van der Waals surface area contributed by atoms with E-state index in [1.54, 1.807) is 26.8 Å². The van der Waals surface area contributed by atoms with Crippen molar-refractivity contribution in [2.45, 2.75) is 32.9 Å². The molecule has 0 heterocycles. The molecule has 0 aliphatic heterocycles. The van der Waals surface area contributed by atoms with E-state index in [0.717, 1.165) is 0 Å². The second kappa shape index (κ2) is 6.06. The topological polar surface area (TPSA) is 78.4 Å². The van der Waals surface area contributed by atoms with Gasteiger partial charge in [0.05, 0.1) is 5.92 Å². The first-order valence-corrected chi connectivity index (χ1v) is 4.80. The van der Waals surface area contributed by atoms with Crippen molar-refractivity contribution < 1.29 is 14.7 Å². The van der Waals surface area contributed by atoms with E-state index in [0.29, 0.717) is 0 Å². The molecule has 15 heavy (non-hydrogen) atoms. The maximum absolute atomic E-state index is 11.3. The lowest BCUT2D eigenvalue weighted by Gasteiger charge is -2.19. The van der Waals surface area contributed by atoms with Crippen molar-refractivity contribution in [3.05, 3.63) is 12.7 Å². The minimum absolute atomic E-state index is 0.141. The van der Waals surface area contributed by atoms with Gasteiger partial charge in [0.25, 0.3) is 0 Å². The molecule has 0 aliphatic carbocycles. The first-order valence-electron chi connectivity index (χ1n) is 4.80. The van der Waals surface area contributed by atoms with E-state index in [-0.39, 0.29) is 12.1 Å². The van der Waals surface area contributed by atoms with Crippen LogP contribution in [0.15, 0.2) is 12.7 Å². The highest BCUT2D eigenvalue weighted by atomic mass is 16.4. The highest BCUT2D eigenvalue weighted by Gasteiger charge is 2.20. The van der Waals surface area contributed by atoms with Crippen molar-refractivity contribution in [1.29, 1.82) is 0 Å². The molecule has 5 heteroatoms. The lowest BCUT2D eigenvalue weighted by atomic mass is 10.0. The molecule has 0 fully saturated rings. The average Bonchev–Trinajstić information content (AvgIpc) is 2.15. The van der Waals surface area contributed by atoms with Gasteiger partial charge < -0.3 is 15.7 Å². The van der Waals surface area contributed by atoms with E-state index in [2.05, 4.69) is 17.2 Å². The van der Waals surface area contributed by atoms with Crippen LogP contribution in [0, 0.1) is 5.92 Å². The summed E-state index contributed by atoms with van der Waals surface area (Å²) in [5, 5.41) is 13.8. The van der Waals surface area contributed by atoms with E-state index in [9.17, 15) is 9.59 Å². The summed E-state index contributed by atoms with van der Waals surface area (Å²) >= 11 is 0. The number of urea groups is 1. The van der Waals surface area contributed by atoms with Crippen LogP contribution in [-0.2, 0) is 4.79 Å². The van der Waals surface area contributed by atoms with Gasteiger partial charge in [-0.2, -0.15) is 0 Å². The molecule has 0 saturated carbocycles. The molecule has 0 bridgehead atoms. The Hall–Kier alpha value is -1.52. The van der Waals surface area contributed by atoms with Gasteiger partial charge in [0.1, 0.15) is 0 Å². The number of nitrogens with one attached hydrogen (secondary N) is 2. The lowest BCUT2D eigenvalue weighted by molar-refractivity contribution is -0.141. The van der Waals surface area contributed by atoms with Gasteiger partial charge in [0.2, 0.25) is 0 Å². The van der Waals surface area contributed by atoms with Crippen LogP contribution >= 0.6 is 0 Å². The summed E-state index contributed by atoms with van der Waals surface area (Å²) in [6, 6.07) is -0.945. The molecule has 0 aromatic carbocycles. The molecule has 0 saturated heterocycles. The Labute approximate surface area is 89.6 Å². The number of carbonyl (C=O) groups is 2. The van der Waals surface area contributed by atoms with Gasteiger partial charge in [-0.25, -0.2) is 4.79 Å². The molecular formula is C10H18N2O3. The van der Waals surface area contributed by atoms with Gasteiger partial charge in [-0.1, -0.05) is 6.08 Å². The van der Waals surface area contributed by atoms with Crippen LogP contribution < -0.4 is 10.6 Å². The highest BCUT2D eigenvalue weighted by Crippen LogP contribution is 2.01. The Balaban J connectivity index is 4.06. The number of carbonyl (C=O) groups excluding carboxylic acids is 1. The summed E-state index contributed by atoms with van der Waals surface area (Å²) in [6.07, 6.45) is 1.59. The summed E-state index contributed by atoms with van der Waals surface area (Å²) in [5.41, 5.74) is 0. The van der Waals surface area contributed by atoms with Gasteiger partial charge in [-0.3, -0.25) is 4.79 Å². The molecule has 0 aromatic heterocycles. The van der Waals surface area contributed by atoms with Crippen molar-refractivity contribution in [2.75, 3.05) is 0 Å². The SMILES string of the molecule is C=CC(C)NC(=O)NC(C)C(C)C(=O)O. The minimum atomic E-state index is -0.931. The Kier molecular flexibility index (Phi) is 5.44. The van der Waals surface area contributed by atoms with Crippen LogP contribution in [0.3, 0.4) is 0 Å². The number of hydrogen-bond donors (Lipinski definition) is 3. The maximum atomic E-state index is 11.3. The summed E-state index contributed by atoms with van der Waals surface area (Å²) in [5.74, 6) is -1.55. The third-order valence-corrected chi connectivity index (χ3v) is 2.21. The molecule has 5 nitrogen and oxygen atoms in total. The molecule has 0 spiro atoms. The summed E-state index contributed by atoms with van der Waals surface area (Å²) in [6.45, 7) is 8.49. The Morgan fingerprint density at radius 3 is 2.20 bits per heavy atom. The number of rotatable bonds is 5. The van der Waals surface area contributed by atoms with Gasteiger partial charge >= 0.3 is 12.0 Å². The fourth-order valence-corrected chi connectivity index (χ4v) is 0.853. The van der Waals surface area contributed by atoms with E-state index >= 15 is 0 Å². The third kappa shape index (κ3) is 5.05. The molecule has 0 aromatic rings. The summed E-state index contributed by atoms with van der Waals surface area (Å²) in [7, 11) is 0. The fourth-order valence-electron chi connectivity index (χ4n) is 0.853. The summed E-state index contributed by atoms with van der Waals surface area (Å²) < 4.78 is 0. The molecular weight excluding hydrogens is 196 g/mol. The normalized spacial score (nSPS) is 15.9. The van der Waals surface area contributed by atoms with Gasteiger partial charge in [-0.05, 0) is 20.8 Å². The Morgan fingerprint density at radius 1 is 1.27 bits per heavy atom. The predicted molar refractivity (Wildman–Crippen MR) is 57.6 cm³/mol. The standard InChI is InChI=1S/C10H18N2O3/c1-5-6(2)11-10(15)12-8(4)7(3)9(13)14/h5-8H,1H2,2-4H3,(H,13,14)(H2,11,12,15). The van der Waals surface area contributed by atoms with Crippen molar-refractivity contribution in [3.8, 4) is 0 Å². The van der Waals surface area contributed by atoms with Crippen LogP contribution in [0.2, 0.25) is 0 Å². The zero-order valence-corrected chi connectivity index (χ0v) is 9.28. The van der Waals surface area contributed by atoms with Crippen molar-refractivity contribution in [1.82, 2.24) is 10.6 Å². The van der Waals surface area contributed by atoms with Gasteiger partial charge in [0.15, 0.2) is 0 Å². The Bertz CT molecular complexity index is 253. The second-order valence-electron chi connectivity index (χ2n) is 3.56. The highest BCUT2D eigenvalue weighted by molar-refractivity contribution is 5.76. The predicted octanol–water partition coefficient (Wildman–Crippen LogP) is 0.969. The Morgan fingerprint density at radius 2 is 1.80 bits per heavy atom. The first kappa shape index (κ1) is 13.5. The number of aliphatic carboxylic acids is 1. The average molecular weight is 214 g/mol. The first-order chi connectivity index (χ1) is 6.88. The zero-order chi connectivity index (χ0) is 12.0. The van der Waals surface area contributed by atoms with E-state index < -0.39 is 17.9 Å².